The molecule has 0 atom stereocenters. The van der Waals surface area contributed by atoms with Crippen LogP contribution in [0.5, 0.6) is 0 Å². The number of rotatable bonds is 6. The molecule has 1 aromatic rings. The van der Waals surface area contributed by atoms with Gasteiger partial charge in [0.25, 0.3) is 11.8 Å². The number of hydrogen-bond acceptors (Lipinski definition) is 5. The summed E-state index contributed by atoms with van der Waals surface area (Å²) in [6.07, 6.45) is 1.38. The first kappa shape index (κ1) is 25.6. The summed E-state index contributed by atoms with van der Waals surface area (Å²) in [4.78, 5) is 32.7. The number of fused-ring (bicyclic) bond motifs is 1. The lowest BCUT2D eigenvalue weighted by Gasteiger charge is -2.39. The van der Waals surface area contributed by atoms with E-state index >= 15 is 0 Å². The second-order valence-electron chi connectivity index (χ2n) is 8.25. The van der Waals surface area contributed by atoms with Crippen LogP contribution in [0.25, 0.3) is 0 Å². The number of amides is 2. The molecule has 0 spiro atoms. The first-order valence-corrected chi connectivity index (χ1v) is 12.0. The van der Waals surface area contributed by atoms with Gasteiger partial charge < -0.3 is 10.2 Å². The summed E-state index contributed by atoms with van der Waals surface area (Å²) < 4.78 is 23.7. The molecular formula is C21H31IN4O4S. The van der Waals surface area contributed by atoms with Gasteiger partial charge in [-0.2, -0.15) is 0 Å². The maximum Gasteiger partial charge on any atom is 0.261 e. The van der Waals surface area contributed by atoms with E-state index in [9.17, 15) is 18.0 Å². The van der Waals surface area contributed by atoms with Gasteiger partial charge in [0.2, 0.25) is 0 Å². The smallest absolute Gasteiger partial charge is 0.261 e. The Labute approximate surface area is 201 Å². The minimum Gasteiger partial charge on any atom is -0.357 e. The highest BCUT2D eigenvalue weighted by Crippen LogP contribution is 2.24. The molecule has 2 heterocycles. The maximum atomic E-state index is 12.4. The maximum absolute atomic E-state index is 12.4. The van der Waals surface area contributed by atoms with E-state index in [4.69, 9.17) is 0 Å². The summed E-state index contributed by atoms with van der Waals surface area (Å²) in [6.45, 7) is 7.90. The lowest BCUT2D eigenvalue weighted by Crippen LogP contribution is -2.57. The third kappa shape index (κ3) is 5.39. The zero-order chi connectivity index (χ0) is 21.9. The number of hydrogen-bond donors (Lipinski definition) is 1. The molecule has 1 aromatic carbocycles. The number of nitrogens with zero attached hydrogens (tertiary/aromatic N) is 3. The van der Waals surface area contributed by atoms with E-state index in [1.165, 1.54) is 4.90 Å². The van der Waals surface area contributed by atoms with Gasteiger partial charge in [-0.3, -0.25) is 19.5 Å². The summed E-state index contributed by atoms with van der Waals surface area (Å²) in [5.74, 6) is 0.360. The summed E-state index contributed by atoms with van der Waals surface area (Å²) in [7, 11) is -3.11. The van der Waals surface area contributed by atoms with Crippen molar-refractivity contribution in [1.29, 1.82) is 0 Å². The molecule has 0 aliphatic carbocycles. The fourth-order valence-electron chi connectivity index (χ4n) is 3.76. The van der Waals surface area contributed by atoms with Crippen molar-refractivity contribution in [2.75, 3.05) is 38.5 Å². The first-order chi connectivity index (χ1) is 14.2. The van der Waals surface area contributed by atoms with Crippen molar-refractivity contribution in [1.82, 2.24) is 15.1 Å². The second kappa shape index (κ2) is 10.3. The number of nitrogens with one attached hydrogen (secondary N) is 1. The Morgan fingerprint density at radius 2 is 1.74 bits per heavy atom. The number of unbranched alkanes of at least 4 members (excludes halogenated alkanes) is 1. The molecule has 1 saturated heterocycles. The van der Waals surface area contributed by atoms with Gasteiger partial charge >= 0.3 is 0 Å². The molecule has 0 unspecified atom stereocenters. The molecule has 2 aliphatic rings. The van der Waals surface area contributed by atoms with Crippen molar-refractivity contribution in [3.8, 4) is 0 Å². The number of halogens is 1. The number of guanidine groups is 1. The molecule has 3 rings (SSSR count). The molecule has 0 radical (unpaired) electrons. The fraction of sp³-hybridized carbons (Fsp3) is 0.571. The highest BCUT2D eigenvalue weighted by molar-refractivity contribution is 14.0. The Balaban J connectivity index is 0.00000341. The molecule has 10 heteroatoms. The average molecular weight is 562 g/mol. The van der Waals surface area contributed by atoms with Crippen LogP contribution in [0.2, 0.25) is 0 Å². The van der Waals surface area contributed by atoms with E-state index in [-0.39, 0.29) is 41.5 Å². The molecule has 172 valence electrons. The largest absolute Gasteiger partial charge is 0.357 e. The van der Waals surface area contributed by atoms with Crippen molar-refractivity contribution < 1.29 is 18.0 Å². The Morgan fingerprint density at radius 1 is 1.13 bits per heavy atom. The Bertz CT molecular complexity index is 927. The zero-order valence-corrected chi connectivity index (χ0v) is 21.4. The highest BCUT2D eigenvalue weighted by Gasteiger charge is 2.41. The summed E-state index contributed by atoms with van der Waals surface area (Å²) in [5.41, 5.74) is 0.940. The molecule has 1 N–H and O–H groups in total. The van der Waals surface area contributed by atoms with Crippen molar-refractivity contribution in [3.05, 3.63) is 35.4 Å². The van der Waals surface area contributed by atoms with Gasteiger partial charge in [0, 0.05) is 32.7 Å². The standard InChI is InChI=1S/C21H30N4O4S.HI/c1-4-22-20(24-13-14-30(28,29)21(2,3)15-24)23-11-7-8-12-25-18(26)16-9-5-6-10-17(16)19(25)27;/h5-6,9-10H,4,7-8,11-15H2,1-3H3,(H,22,23);1H. The lowest BCUT2D eigenvalue weighted by molar-refractivity contribution is 0.0652. The van der Waals surface area contributed by atoms with E-state index in [1.54, 1.807) is 38.1 Å². The van der Waals surface area contributed by atoms with E-state index in [0.717, 1.165) is 6.42 Å². The van der Waals surface area contributed by atoms with E-state index < -0.39 is 14.6 Å². The minimum atomic E-state index is -3.11. The van der Waals surface area contributed by atoms with Crippen LogP contribution in [0.4, 0.5) is 0 Å². The fourth-order valence-corrected chi connectivity index (χ4v) is 5.13. The Hall–Kier alpha value is -1.69. The van der Waals surface area contributed by atoms with Crippen LogP contribution in [0, 0.1) is 0 Å². The van der Waals surface area contributed by atoms with Crippen LogP contribution in [-0.2, 0) is 9.84 Å². The van der Waals surface area contributed by atoms with Crippen LogP contribution in [0.15, 0.2) is 29.3 Å². The Morgan fingerprint density at radius 3 is 2.29 bits per heavy atom. The monoisotopic (exact) mass is 562 g/mol. The molecular weight excluding hydrogens is 531 g/mol. The number of aliphatic imine (C=N–C) groups is 1. The third-order valence-electron chi connectivity index (χ3n) is 5.61. The quantitative estimate of drug-likeness (QED) is 0.188. The van der Waals surface area contributed by atoms with Gasteiger partial charge in [0.1, 0.15) is 0 Å². The number of carbonyl (C=O) groups is 2. The minimum absolute atomic E-state index is 0. The predicted octanol–water partition coefficient (Wildman–Crippen LogP) is 2.16. The summed E-state index contributed by atoms with van der Waals surface area (Å²) in [5, 5.41) is 3.24. The van der Waals surface area contributed by atoms with Gasteiger partial charge in [-0.25, -0.2) is 8.42 Å². The third-order valence-corrected chi connectivity index (χ3v) is 8.14. The van der Waals surface area contributed by atoms with Gasteiger partial charge in [-0.1, -0.05) is 12.1 Å². The number of sulfone groups is 1. The van der Waals surface area contributed by atoms with Crippen LogP contribution >= 0.6 is 24.0 Å². The van der Waals surface area contributed by atoms with Crippen LogP contribution in [0.3, 0.4) is 0 Å². The normalized spacial score (nSPS) is 19.8. The van der Waals surface area contributed by atoms with E-state index in [1.807, 2.05) is 11.8 Å². The van der Waals surface area contributed by atoms with E-state index in [2.05, 4.69) is 10.3 Å². The topological polar surface area (TPSA) is 99.2 Å². The molecule has 2 amide bonds. The number of benzene rings is 1. The molecule has 31 heavy (non-hydrogen) atoms. The second-order valence-corrected chi connectivity index (χ2v) is 11.0. The van der Waals surface area contributed by atoms with Crippen molar-refractivity contribution in [2.24, 2.45) is 4.99 Å². The van der Waals surface area contributed by atoms with Crippen molar-refractivity contribution in [2.45, 2.75) is 38.4 Å². The molecule has 0 aromatic heterocycles. The molecule has 0 saturated carbocycles. The summed E-state index contributed by atoms with van der Waals surface area (Å²) in [6, 6.07) is 6.89. The van der Waals surface area contributed by atoms with Gasteiger partial charge in [0.05, 0.1) is 21.6 Å². The number of imide groups is 1. The molecule has 0 bridgehead atoms. The van der Waals surface area contributed by atoms with Gasteiger partial charge in [-0.15, -0.1) is 24.0 Å². The highest BCUT2D eigenvalue weighted by atomic mass is 127. The molecule has 2 aliphatic heterocycles. The first-order valence-electron chi connectivity index (χ1n) is 10.4. The molecule has 8 nitrogen and oxygen atoms in total. The lowest BCUT2D eigenvalue weighted by atomic mass is 10.1. The zero-order valence-electron chi connectivity index (χ0n) is 18.3. The van der Waals surface area contributed by atoms with Gasteiger partial charge in [-0.05, 0) is 45.7 Å². The predicted molar refractivity (Wildman–Crippen MR) is 132 cm³/mol. The molecule has 1 fully saturated rings. The average Bonchev–Trinajstić information content (AvgIpc) is 2.94. The van der Waals surface area contributed by atoms with Crippen molar-refractivity contribution >= 4 is 51.6 Å². The van der Waals surface area contributed by atoms with Crippen LogP contribution in [0.1, 0.15) is 54.3 Å². The van der Waals surface area contributed by atoms with Crippen LogP contribution < -0.4 is 5.32 Å². The Kier molecular flexibility index (Phi) is 8.48. The summed E-state index contributed by atoms with van der Waals surface area (Å²) >= 11 is 0. The van der Waals surface area contributed by atoms with Crippen molar-refractivity contribution in [3.63, 3.8) is 0 Å². The number of carbonyl (C=O) groups excluding carboxylic acids is 2. The SMILES string of the molecule is CCNC(=NCCCCN1C(=O)c2ccccc2C1=O)N1CCS(=O)(=O)C(C)(C)C1.I. The van der Waals surface area contributed by atoms with Crippen LogP contribution in [-0.4, -0.2) is 79.2 Å². The van der Waals surface area contributed by atoms with E-state index in [0.29, 0.717) is 56.2 Å². The van der Waals surface area contributed by atoms with Gasteiger partial charge in [0.15, 0.2) is 15.8 Å².